The molecule has 0 spiro atoms. The van der Waals surface area contributed by atoms with Crippen molar-refractivity contribution in [3.63, 3.8) is 0 Å². The molecule has 0 bridgehead atoms. The quantitative estimate of drug-likeness (QED) is 0.784. The van der Waals surface area contributed by atoms with Gasteiger partial charge in [-0.1, -0.05) is 0 Å². The van der Waals surface area contributed by atoms with Crippen LogP contribution in [0.1, 0.15) is 17.4 Å². The van der Waals surface area contributed by atoms with E-state index in [1.54, 1.807) is 20.1 Å². The van der Waals surface area contributed by atoms with Gasteiger partial charge in [-0.2, -0.15) is 0 Å². The molecular formula is C11H11NO4S. The molecule has 90 valence electrons. The van der Waals surface area contributed by atoms with E-state index < -0.39 is 5.97 Å². The summed E-state index contributed by atoms with van der Waals surface area (Å²) >= 11 is 1.41. The largest absolute Gasteiger partial charge is 0.495 e. The lowest BCUT2D eigenvalue weighted by molar-refractivity contribution is 0.0520. The van der Waals surface area contributed by atoms with E-state index in [2.05, 4.69) is 4.98 Å². The second-order valence-corrected chi connectivity index (χ2v) is 3.98. The number of carbonyl (C=O) groups is 1. The Hall–Kier alpha value is -1.82. The Morgan fingerprint density at radius 1 is 1.59 bits per heavy atom. The van der Waals surface area contributed by atoms with Crippen LogP contribution in [0.25, 0.3) is 10.6 Å². The standard InChI is InChI=1S/C11H11NO4S/c1-3-15-11(13)8-9(16-6-12-8)10-7(14-2)4-5-17-10/h4-6H,3H2,1-2H3. The molecular weight excluding hydrogens is 242 g/mol. The lowest BCUT2D eigenvalue weighted by Gasteiger charge is -2.01. The van der Waals surface area contributed by atoms with Gasteiger partial charge in [-0.05, 0) is 18.4 Å². The number of nitrogens with zero attached hydrogens (tertiary/aromatic N) is 1. The zero-order chi connectivity index (χ0) is 12.3. The minimum absolute atomic E-state index is 0.174. The molecule has 2 aromatic heterocycles. The van der Waals surface area contributed by atoms with E-state index >= 15 is 0 Å². The van der Waals surface area contributed by atoms with E-state index in [1.165, 1.54) is 17.7 Å². The van der Waals surface area contributed by atoms with Crippen molar-refractivity contribution < 1.29 is 18.7 Å². The monoisotopic (exact) mass is 253 g/mol. The van der Waals surface area contributed by atoms with Crippen LogP contribution in [0.15, 0.2) is 22.3 Å². The van der Waals surface area contributed by atoms with E-state index in [0.29, 0.717) is 18.1 Å². The molecule has 0 aliphatic rings. The summed E-state index contributed by atoms with van der Waals surface area (Å²) in [5.41, 5.74) is 0.174. The van der Waals surface area contributed by atoms with Gasteiger partial charge in [0.2, 0.25) is 0 Å². The smallest absolute Gasteiger partial charge is 0.361 e. The van der Waals surface area contributed by atoms with Crippen molar-refractivity contribution in [1.29, 1.82) is 0 Å². The molecule has 0 radical (unpaired) electrons. The SMILES string of the molecule is CCOC(=O)c1ncoc1-c1sccc1OC. The molecule has 0 aliphatic carbocycles. The molecule has 0 fully saturated rings. The lowest BCUT2D eigenvalue weighted by atomic mass is 10.3. The number of aromatic nitrogens is 1. The summed E-state index contributed by atoms with van der Waals surface area (Å²) in [5.74, 6) is 0.541. The Morgan fingerprint density at radius 2 is 2.41 bits per heavy atom. The molecule has 0 aromatic carbocycles. The fraction of sp³-hybridized carbons (Fsp3) is 0.273. The van der Waals surface area contributed by atoms with Crippen molar-refractivity contribution in [3.05, 3.63) is 23.5 Å². The molecule has 2 heterocycles. The van der Waals surface area contributed by atoms with Gasteiger partial charge in [-0.25, -0.2) is 9.78 Å². The summed E-state index contributed by atoms with van der Waals surface area (Å²) in [6.07, 6.45) is 1.22. The summed E-state index contributed by atoms with van der Waals surface area (Å²) < 4.78 is 15.3. The van der Waals surface area contributed by atoms with Gasteiger partial charge in [0.1, 0.15) is 10.6 Å². The Balaban J connectivity index is 2.40. The average Bonchev–Trinajstić information content (AvgIpc) is 2.97. The first-order valence-electron chi connectivity index (χ1n) is 5.00. The van der Waals surface area contributed by atoms with Crippen LogP contribution in [0, 0.1) is 0 Å². The second-order valence-electron chi connectivity index (χ2n) is 3.07. The highest BCUT2D eigenvalue weighted by Gasteiger charge is 2.22. The number of rotatable bonds is 4. The van der Waals surface area contributed by atoms with Crippen molar-refractivity contribution >= 4 is 17.3 Å². The number of hydrogen-bond donors (Lipinski definition) is 0. The van der Waals surface area contributed by atoms with Crippen LogP contribution in [0.2, 0.25) is 0 Å². The maximum Gasteiger partial charge on any atom is 0.361 e. The van der Waals surface area contributed by atoms with Crippen LogP contribution in [0.4, 0.5) is 0 Å². The van der Waals surface area contributed by atoms with Crippen molar-refractivity contribution in [2.75, 3.05) is 13.7 Å². The minimum Gasteiger partial charge on any atom is -0.495 e. The Bertz CT molecular complexity index is 517. The highest BCUT2D eigenvalue weighted by molar-refractivity contribution is 7.14. The summed E-state index contributed by atoms with van der Waals surface area (Å²) in [7, 11) is 1.56. The van der Waals surface area contributed by atoms with Crippen molar-refractivity contribution in [1.82, 2.24) is 4.98 Å². The van der Waals surface area contributed by atoms with E-state index in [0.717, 1.165) is 4.88 Å². The first-order valence-corrected chi connectivity index (χ1v) is 5.88. The third-order valence-electron chi connectivity index (χ3n) is 2.09. The summed E-state index contributed by atoms with van der Waals surface area (Å²) in [4.78, 5) is 16.2. The molecule has 5 nitrogen and oxygen atoms in total. The molecule has 6 heteroatoms. The van der Waals surface area contributed by atoms with Crippen molar-refractivity contribution in [3.8, 4) is 16.4 Å². The van der Waals surface area contributed by atoms with Gasteiger partial charge in [0.25, 0.3) is 0 Å². The predicted molar refractivity (Wildman–Crippen MR) is 62.3 cm³/mol. The number of oxazole rings is 1. The molecule has 2 rings (SSSR count). The fourth-order valence-corrected chi connectivity index (χ4v) is 2.22. The molecule has 17 heavy (non-hydrogen) atoms. The maximum atomic E-state index is 11.6. The Morgan fingerprint density at radius 3 is 3.12 bits per heavy atom. The number of hydrogen-bond acceptors (Lipinski definition) is 6. The van der Waals surface area contributed by atoms with Crippen LogP contribution in [-0.4, -0.2) is 24.7 Å². The molecule has 0 aliphatic heterocycles. The number of thiophene rings is 1. The number of carbonyl (C=O) groups excluding carboxylic acids is 1. The third kappa shape index (κ3) is 2.16. The van der Waals surface area contributed by atoms with E-state index in [-0.39, 0.29) is 5.69 Å². The van der Waals surface area contributed by atoms with E-state index in [9.17, 15) is 4.79 Å². The summed E-state index contributed by atoms with van der Waals surface area (Å²) in [5, 5.41) is 1.85. The normalized spacial score (nSPS) is 10.2. The summed E-state index contributed by atoms with van der Waals surface area (Å²) in [6.45, 7) is 2.04. The lowest BCUT2D eigenvalue weighted by Crippen LogP contribution is -2.06. The minimum atomic E-state index is -0.494. The Labute approximate surface area is 102 Å². The zero-order valence-corrected chi connectivity index (χ0v) is 10.2. The zero-order valence-electron chi connectivity index (χ0n) is 9.43. The topological polar surface area (TPSA) is 61.6 Å². The fourth-order valence-electron chi connectivity index (χ4n) is 1.38. The van der Waals surface area contributed by atoms with Gasteiger partial charge in [0.05, 0.1) is 13.7 Å². The van der Waals surface area contributed by atoms with Gasteiger partial charge >= 0.3 is 5.97 Å². The highest BCUT2D eigenvalue weighted by atomic mass is 32.1. The van der Waals surface area contributed by atoms with Gasteiger partial charge in [-0.15, -0.1) is 11.3 Å². The molecule has 0 saturated heterocycles. The van der Waals surface area contributed by atoms with Crippen molar-refractivity contribution in [2.24, 2.45) is 0 Å². The van der Waals surface area contributed by atoms with Crippen molar-refractivity contribution in [2.45, 2.75) is 6.92 Å². The molecule has 2 aromatic rings. The molecule has 0 unspecified atom stereocenters. The van der Waals surface area contributed by atoms with Crippen LogP contribution >= 0.6 is 11.3 Å². The highest BCUT2D eigenvalue weighted by Crippen LogP contribution is 2.37. The van der Waals surface area contributed by atoms with E-state index in [1.807, 2.05) is 5.38 Å². The number of esters is 1. The Kier molecular flexibility index (Phi) is 3.43. The molecule has 0 amide bonds. The molecule has 0 N–H and O–H groups in total. The predicted octanol–water partition coefficient (Wildman–Crippen LogP) is 2.59. The summed E-state index contributed by atoms with van der Waals surface area (Å²) in [6, 6.07) is 1.80. The van der Waals surface area contributed by atoms with Gasteiger partial charge in [0, 0.05) is 0 Å². The van der Waals surface area contributed by atoms with Gasteiger partial charge < -0.3 is 13.9 Å². The van der Waals surface area contributed by atoms with Crippen LogP contribution in [0.3, 0.4) is 0 Å². The molecule has 0 atom stereocenters. The third-order valence-corrected chi connectivity index (χ3v) is 2.99. The van der Waals surface area contributed by atoms with Gasteiger partial charge in [-0.3, -0.25) is 0 Å². The molecule has 0 saturated carbocycles. The van der Waals surface area contributed by atoms with Crippen LogP contribution in [-0.2, 0) is 4.74 Å². The van der Waals surface area contributed by atoms with Gasteiger partial charge in [0.15, 0.2) is 17.8 Å². The number of ether oxygens (including phenoxy) is 2. The number of methoxy groups -OCH3 is 1. The first-order chi connectivity index (χ1) is 8.27. The van der Waals surface area contributed by atoms with E-state index in [4.69, 9.17) is 13.9 Å². The first kappa shape index (κ1) is 11.7. The van der Waals surface area contributed by atoms with Crippen LogP contribution in [0.5, 0.6) is 5.75 Å². The average molecular weight is 253 g/mol. The second kappa shape index (κ2) is 5.01. The maximum absolute atomic E-state index is 11.6. The van der Waals surface area contributed by atoms with Crippen LogP contribution < -0.4 is 4.74 Å².